The summed E-state index contributed by atoms with van der Waals surface area (Å²) in [5, 5.41) is 11.4. The van der Waals surface area contributed by atoms with Gasteiger partial charge < -0.3 is 10.7 Å². The Morgan fingerprint density at radius 3 is 1.32 bits per heavy atom. The van der Waals surface area contributed by atoms with Crippen LogP contribution in [0.25, 0.3) is 0 Å². The molecule has 0 aliphatic carbocycles. The number of hydrogen-bond donors (Lipinski definition) is 1. The summed E-state index contributed by atoms with van der Waals surface area (Å²) in [5.41, 5.74) is 2.28. The van der Waals surface area contributed by atoms with Crippen molar-refractivity contribution in [2.24, 2.45) is 0 Å². The van der Waals surface area contributed by atoms with E-state index in [1.807, 2.05) is 0 Å². The largest absolute Gasteiger partial charge is 0.787 e. The van der Waals surface area contributed by atoms with Crippen LogP contribution in [0.1, 0.15) is 124 Å². The maximum absolute atomic E-state index is 11.4. The molecule has 0 saturated heterocycles. The molecular weight excluding hydrogens is 270 g/mol. The lowest BCUT2D eigenvalue weighted by atomic mass is 9.84. The molecule has 0 atom stereocenters. The van der Waals surface area contributed by atoms with Gasteiger partial charge in [-0.25, -0.2) is 0 Å². The van der Waals surface area contributed by atoms with Crippen molar-refractivity contribution in [2.75, 3.05) is 0 Å². The summed E-state index contributed by atoms with van der Waals surface area (Å²) < 4.78 is 0. The second-order valence-electron chi connectivity index (χ2n) is 7.17. The summed E-state index contributed by atoms with van der Waals surface area (Å²) >= 11 is 0. The van der Waals surface area contributed by atoms with Crippen LogP contribution in [-0.2, 0) is 0 Å². The Morgan fingerprint density at radius 1 is 0.545 bits per heavy atom. The van der Waals surface area contributed by atoms with Gasteiger partial charge in [0, 0.05) is 5.54 Å². The maximum Gasteiger partial charge on any atom is 0.00654 e. The molecule has 0 fully saturated rings. The number of unbranched alkanes of at least 4 members (excludes halogenated alkanes) is 10. The van der Waals surface area contributed by atoms with E-state index in [1.165, 1.54) is 70.6 Å². The highest BCUT2D eigenvalue weighted by Crippen LogP contribution is 2.26. The molecule has 1 N–H and O–H groups in total. The van der Waals surface area contributed by atoms with Gasteiger partial charge in [-0.1, -0.05) is 104 Å². The van der Waals surface area contributed by atoms with Crippen molar-refractivity contribution in [3.05, 3.63) is 5.21 Å². The van der Waals surface area contributed by atoms with Crippen LogP contribution in [0.5, 0.6) is 0 Å². The van der Waals surface area contributed by atoms with Gasteiger partial charge in [0.2, 0.25) is 0 Å². The molecule has 2 nitrogen and oxygen atoms in total. The highest BCUT2D eigenvalue weighted by molar-refractivity contribution is 4.87. The Balaban J connectivity index is 3.53. The van der Waals surface area contributed by atoms with Gasteiger partial charge in [0.05, 0.1) is 0 Å². The van der Waals surface area contributed by atoms with Gasteiger partial charge in [-0.2, -0.15) is 0 Å². The molecule has 0 aromatic carbocycles. The molecule has 0 aliphatic heterocycles. The van der Waals surface area contributed by atoms with Crippen LogP contribution in [0.4, 0.5) is 0 Å². The number of hydroxylamine groups is 1. The molecule has 0 rings (SSSR count). The lowest BCUT2D eigenvalue weighted by Crippen LogP contribution is -2.41. The fraction of sp³-hybridized carbons (Fsp3) is 1.00. The Hall–Kier alpha value is -0.0800. The molecular formula is C20H42NO-. The first-order valence-electron chi connectivity index (χ1n) is 10.1. The van der Waals surface area contributed by atoms with E-state index in [2.05, 4.69) is 26.3 Å². The Kier molecular flexibility index (Phi) is 15.7. The van der Waals surface area contributed by atoms with Crippen LogP contribution in [0, 0.1) is 5.21 Å². The summed E-state index contributed by atoms with van der Waals surface area (Å²) in [6.07, 6.45) is 20.4. The number of rotatable bonds is 17. The quantitative estimate of drug-likeness (QED) is 0.229. The summed E-state index contributed by atoms with van der Waals surface area (Å²) in [5.74, 6) is 0. The van der Waals surface area contributed by atoms with Crippen molar-refractivity contribution < 1.29 is 0 Å². The van der Waals surface area contributed by atoms with E-state index in [9.17, 15) is 5.21 Å². The van der Waals surface area contributed by atoms with E-state index in [1.54, 1.807) is 0 Å². The molecule has 0 radical (unpaired) electrons. The monoisotopic (exact) mass is 312 g/mol. The first-order chi connectivity index (χ1) is 10.7. The molecule has 134 valence electrons. The standard InChI is InChI=1S/C20H42NO/c1-4-7-8-9-10-11-12-13-14-15-16-19-20(21-22,17-5-2)18-6-3/h21H,4-19H2,1-3H3/q-1. The van der Waals surface area contributed by atoms with Crippen molar-refractivity contribution in [2.45, 2.75) is 129 Å². The third kappa shape index (κ3) is 11.5. The third-order valence-electron chi connectivity index (χ3n) is 4.93. The lowest BCUT2D eigenvalue weighted by Gasteiger charge is -2.38. The molecule has 0 amide bonds. The van der Waals surface area contributed by atoms with Gasteiger partial charge >= 0.3 is 0 Å². The summed E-state index contributed by atoms with van der Waals surface area (Å²) in [6, 6.07) is 0. The van der Waals surface area contributed by atoms with Crippen molar-refractivity contribution in [1.29, 1.82) is 0 Å². The summed E-state index contributed by atoms with van der Waals surface area (Å²) in [7, 11) is 0. The van der Waals surface area contributed by atoms with E-state index >= 15 is 0 Å². The van der Waals surface area contributed by atoms with Crippen LogP contribution in [0.2, 0.25) is 0 Å². The molecule has 2 heteroatoms. The topological polar surface area (TPSA) is 35.1 Å². The van der Waals surface area contributed by atoms with Gasteiger partial charge in [0.1, 0.15) is 0 Å². The van der Waals surface area contributed by atoms with Crippen LogP contribution in [0.3, 0.4) is 0 Å². The fourth-order valence-corrected chi connectivity index (χ4v) is 3.61. The highest BCUT2D eigenvalue weighted by atomic mass is 16.5. The van der Waals surface area contributed by atoms with Gasteiger partial charge in [0.25, 0.3) is 0 Å². The van der Waals surface area contributed by atoms with Crippen LogP contribution in [0.15, 0.2) is 0 Å². The fourth-order valence-electron chi connectivity index (χ4n) is 3.61. The first kappa shape index (κ1) is 21.9. The van der Waals surface area contributed by atoms with Crippen LogP contribution < -0.4 is 5.48 Å². The maximum atomic E-state index is 11.4. The zero-order chi connectivity index (χ0) is 16.5. The predicted octanol–water partition coefficient (Wildman–Crippen LogP) is 7.11. The minimum Gasteiger partial charge on any atom is -0.787 e. The van der Waals surface area contributed by atoms with E-state index in [0.717, 1.165) is 32.1 Å². The molecule has 0 aliphatic rings. The lowest BCUT2D eigenvalue weighted by molar-refractivity contribution is 0.276. The minimum absolute atomic E-state index is 0.122. The third-order valence-corrected chi connectivity index (χ3v) is 4.93. The van der Waals surface area contributed by atoms with Crippen molar-refractivity contribution in [3.63, 3.8) is 0 Å². The van der Waals surface area contributed by atoms with Gasteiger partial charge in [-0.05, 0) is 19.3 Å². The van der Waals surface area contributed by atoms with Crippen molar-refractivity contribution in [3.8, 4) is 0 Å². The van der Waals surface area contributed by atoms with Gasteiger partial charge in [0.15, 0.2) is 0 Å². The average Bonchev–Trinajstić information content (AvgIpc) is 2.53. The van der Waals surface area contributed by atoms with E-state index in [4.69, 9.17) is 0 Å². The molecule has 0 spiro atoms. The minimum atomic E-state index is -0.122. The summed E-state index contributed by atoms with van der Waals surface area (Å²) in [6.45, 7) is 6.64. The molecule has 0 bridgehead atoms. The molecule has 0 unspecified atom stereocenters. The molecule has 0 saturated carbocycles. The zero-order valence-corrected chi connectivity index (χ0v) is 15.7. The smallest absolute Gasteiger partial charge is 0.00654 e. The Bertz CT molecular complexity index is 212. The second-order valence-corrected chi connectivity index (χ2v) is 7.17. The van der Waals surface area contributed by atoms with Crippen LogP contribution >= 0.6 is 0 Å². The van der Waals surface area contributed by atoms with Gasteiger partial charge in [-0.3, -0.25) is 0 Å². The van der Waals surface area contributed by atoms with Gasteiger partial charge in [-0.15, -0.1) is 0 Å². The average molecular weight is 313 g/mol. The normalized spacial score (nSPS) is 12.0. The van der Waals surface area contributed by atoms with Crippen molar-refractivity contribution >= 4 is 0 Å². The summed E-state index contributed by atoms with van der Waals surface area (Å²) in [4.78, 5) is 0. The first-order valence-corrected chi connectivity index (χ1v) is 10.1. The predicted molar refractivity (Wildman–Crippen MR) is 100 cm³/mol. The number of nitrogens with one attached hydrogen (secondary N) is 1. The van der Waals surface area contributed by atoms with E-state index in [-0.39, 0.29) is 5.54 Å². The highest BCUT2D eigenvalue weighted by Gasteiger charge is 2.23. The Morgan fingerprint density at radius 2 is 0.955 bits per heavy atom. The molecule has 22 heavy (non-hydrogen) atoms. The second kappa shape index (κ2) is 15.8. The molecule has 0 aromatic rings. The molecule has 0 heterocycles. The zero-order valence-electron chi connectivity index (χ0n) is 15.7. The van der Waals surface area contributed by atoms with E-state index < -0.39 is 0 Å². The molecule has 0 aromatic heterocycles. The number of hydrogen-bond acceptors (Lipinski definition) is 2. The van der Waals surface area contributed by atoms with Crippen LogP contribution in [-0.4, -0.2) is 5.54 Å². The Labute approximate surface area is 140 Å². The van der Waals surface area contributed by atoms with Crippen molar-refractivity contribution in [1.82, 2.24) is 5.48 Å². The van der Waals surface area contributed by atoms with E-state index in [0.29, 0.717) is 0 Å². The SMILES string of the molecule is CCCCCCCCCCCCCC(CCC)(CCC)N[O-].